The highest BCUT2D eigenvalue weighted by molar-refractivity contribution is 6.35. The van der Waals surface area contributed by atoms with Crippen LogP contribution in [0.15, 0.2) is 77.4 Å². The topological polar surface area (TPSA) is 75.8 Å². The molecular formula is C24H18ClN3O3. The third kappa shape index (κ3) is 4.11. The van der Waals surface area contributed by atoms with Crippen molar-refractivity contribution in [3.8, 4) is 0 Å². The van der Waals surface area contributed by atoms with Gasteiger partial charge in [0.1, 0.15) is 11.5 Å². The van der Waals surface area contributed by atoms with Gasteiger partial charge in [0.25, 0.3) is 11.6 Å². The fourth-order valence-electron chi connectivity index (χ4n) is 3.39. The van der Waals surface area contributed by atoms with E-state index in [9.17, 15) is 14.9 Å². The van der Waals surface area contributed by atoms with Crippen LogP contribution in [-0.2, 0) is 4.79 Å². The second kappa shape index (κ2) is 8.16. The molecule has 0 aliphatic carbocycles. The molecule has 0 unspecified atom stereocenters. The summed E-state index contributed by atoms with van der Waals surface area (Å²) < 4.78 is 0. The Labute approximate surface area is 184 Å². The number of aliphatic imine (C=N–C) groups is 1. The number of benzene rings is 3. The number of anilines is 1. The van der Waals surface area contributed by atoms with Gasteiger partial charge in [-0.1, -0.05) is 41.4 Å². The number of nitrogens with zero attached hydrogens (tertiary/aromatic N) is 3. The lowest BCUT2D eigenvalue weighted by atomic mass is 10.1. The zero-order valence-corrected chi connectivity index (χ0v) is 17.6. The van der Waals surface area contributed by atoms with Crippen molar-refractivity contribution < 1.29 is 9.72 Å². The molecule has 1 aliphatic heterocycles. The van der Waals surface area contributed by atoms with Crippen LogP contribution in [0, 0.1) is 24.0 Å². The fraction of sp³-hybridized carbons (Fsp3) is 0.0833. The van der Waals surface area contributed by atoms with Crippen molar-refractivity contribution in [3.63, 3.8) is 0 Å². The number of hydrogen-bond acceptors (Lipinski definition) is 4. The summed E-state index contributed by atoms with van der Waals surface area (Å²) in [6.45, 7) is 3.88. The number of amidine groups is 1. The standard InChI is InChI=1S/C24H18ClN3O3/c1-15-4-3-5-18(12-15)23-26-21(13-17-7-10-20(11-8-17)28(30)31)24(29)27(23)22-14-19(25)9-6-16(22)2/h3-14H,1-2H3/b21-13+. The van der Waals surface area contributed by atoms with Crippen LogP contribution < -0.4 is 4.90 Å². The van der Waals surface area contributed by atoms with Crippen LogP contribution in [0.4, 0.5) is 11.4 Å². The maximum Gasteiger partial charge on any atom is 0.282 e. The van der Waals surface area contributed by atoms with Crippen molar-refractivity contribution in [2.75, 3.05) is 4.90 Å². The normalized spacial score (nSPS) is 14.8. The monoisotopic (exact) mass is 431 g/mol. The predicted octanol–water partition coefficient (Wildman–Crippen LogP) is 5.70. The molecule has 3 aromatic carbocycles. The van der Waals surface area contributed by atoms with E-state index < -0.39 is 4.92 Å². The number of nitro benzene ring substituents is 1. The first-order chi connectivity index (χ1) is 14.8. The lowest BCUT2D eigenvalue weighted by Crippen LogP contribution is -2.33. The summed E-state index contributed by atoms with van der Waals surface area (Å²) in [4.78, 5) is 30.0. The summed E-state index contributed by atoms with van der Waals surface area (Å²) in [6.07, 6.45) is 1.63. The SMILES string of the molecule is Cc1cccc(C2=N/C(=C/c3ccc([N+](=O)[O-])cc3)C(=O)N2c2cc(Cl)ccc2C)c1. The van der Waals surface area contributed by atoms with Crippen molar-refractivity contribution in [1.29, 1.82) is 0 Å². The summed E-state index contributed by atoms with van der Waals surface area (Å²) in [5.74, 6) is 0.215. The minimum atomic E-state index is -0.463. The number of hydrogen-bond donors (Lipinski definition) is 0. The molecule has 3 aromatic rings. The van der Waals surface area contributed by atoms with E-state index in [1.165, 1.54) is 12.1 Å². The van der Waals surface area contributed by atoms with Crippen LogP contribution in [0.2, 0.25) is 5.02 Å². The number of carbonyl (C=O) groups is 1. The van der Waals surface area contributed by atoms with Crippen LogP contribution in [0.25, 0.3) is 6.08 Å². The van der Waals surface area contributed by atoms with Gasteiger partial charge in [0, 0.05) is 22.7 Å². The van der Waals surface area contributed by atoms with Gasteiger partial charge in [-0.3, -0.25) is 19.8 Å². The zero-order valence-electron chi connectivity index (χ0n) is 16.9. The Balaban J connectivity index is 1.83. The number of nitro groups is 1. The fourth-order valence-corrected chi connectivity index (χ4v) is 3.56. The van der Waals surface area contributed by atoms with E-state index in [4.69, 9.17) is 11.6 Å². The summed E-state index contributed by atoms with van der Waals surface area (Å²) in [7, 11) is 0. The highest BCUT2D eigenvalue weighted by Gasteiger charge is 2.33. The van der Waals surface area contributed by atoms with E-state index in [0.29, 0.717) is 22.1 Å². The first-order valence-electron chi connectivity index (χ1n) is 9.56. The Hall–Kier alpha value is -3.77. The number of aryl methyl sites for hydroxylation is 2. The molecule has 31 heavy (non-hydrogen) atoms. The Bertz CT molecular complexity index is 1260. The van der Waals surface area contributed by atoms with Gasteiger partial charge in [-0.25, -0.2) is 4.99 Å². The molecule has 4 rings (SSSR count). The van der Waals surface area contributed by atoms with Crippen LogP contribution in [0.3, 0.4) is 0 Å². The summed E-state index contributed by atoms with van der Waals surface area (Å²) in [5, 5.41) is 11.4. The number of non-ortho nitro benzene ring substituents is 1. The van der Waals surface area contributed by atoms with Gasteiger partial charge < -0.3 is 0 Å². The zero-order chi connectivity index (χ0) is 22.1. The Kier molecular flexibility index (Phi) is 5.40. The van der Waals surface area contributed by atoms with Crippen LogP contribution in [-0.4, -0.2) is 16.7 Å². The molecule has 1 amide bonds. The van der Waals surface area contributed by atoms with Crippen LogP contribution >= 0.6 is 11.6 Å². The molecular weight excluding hydrogens is 414 g/mol. The first kappa shape index (κ1) is 20.5. The summed E-state index contributed by atoms with van der Waals surface area (Å²) in [6, 6.07) is 19.1. The highest BCUT2D eigenvalue weighted by atomic mass is 35.5. The van der Waals surface area contributed by atoms with E-state index in [0.717, 1.165) is 16.7 Å². The molecule has 0 aromatic heterocycles. The average molecular weight is 432 g/mol. The third-order valence-corrected chi connectivity index (χ3v) is 5.19. The smallest absolute Gasteiger partial charge is 0.266 e. The Morgan fingerprint density at radius 3 is 2.45 bits per heavy atom. The number of amides is 1. The van der Waals surface area contributed by atoms with Crippen LogP contribution in [0.1, 0.15) is 22.3 Å². The van der Waals surface area contributed by atoms with E-state index >= 15 is 0 Å². The quantitative estimate of drug-likeness (QED) is 0.302. The molecule has 154 valence electrons. The van der Waals surface area contributed by atoms with E-state index in [1.54, 1.807) is 35.2 Å². The molecule has 0 bridgehead atoms. The third-order valence-electron chi connectivity index (χ3n) is 4.96. The molecule has 7 heteroatoms. The molecule has 0 saturated carbocycles. The Morgan fingerprint density at radius 2 is 1.77 bits per heavy atom. The largest absolute Gasteiger partial charge is 0.282 e. The van der Waals surface area contributed by atoms with Gasteiger partial charge in [0.15, 0.2) is 0 Å². The highest BCUT2D eigenvalue weighted by Crippen LogP contribution is 2.32. The van der Waals surface area contributed by atoms with Gasteiger partial charge in [-0.2, -0.15) is 0 Å². The van der Waals surface area contributed by atoms with Gasteiger partial charge in [-0.15, -0.1) is 0 Å². The van der Waals surface area contributed by atoms with Gasteiger partial charge in [0.05, 0.1) is 10.6 Å². The van der Waals surface area contributed by atoms with Gasteiger partial charge in [0.2, 0.25) is 0 Å². The predicted molar refractivity (Wildman–Crippen MR) is 122 cm³/mol. The molecule has 0 radical (unpaired) electrons. The van der Waals surface area contributed by atoms with Crippen molar-refractivity contribution in [1.82, 2.24) is 0 Å². The van der Waals surface area contributed by atoms with Crippen molar-refractivity contribution in [3.05, 3.63) is 110 Å². The number of rotatable bonds is 4. The van der Waals surface area contributed by atoms with Crippen molar-refractivity contribution in [2.45, 2.75) is 13.8 Å². The minimum absolute atomic E-state index is 0.0139. The molecule has 0 spiro atoms. The summed E-state index contributed by atoms with van der Waals surface area (Å²) in [5.41, 5.74) is 4.26. The molecule has 0 atom stereocenters. The lowest BCUT2D eigenvalue weighted by Gasteiger charge is -2.21. The first-order valence-corrected chi connectivity index (χ1v) is 9.94. The van der Waals surface area contributed by atoms with Gasteiger partial charge in [-0.05, 0) is 61.4 Å². The summed E-state index contributed by atoms with van der Waals surface area (Å²) >= 11 is 6.22. The van der Waals surface area contributed by atoms with E-state index in [1.807, 2.05) is 44.2 Å². The van der Waals surface area contributed by atoms with Crippen molar-refractivity contribution in [2.24, 2.45) is 4.99 Å². The molecule has 0 fully saturated rings. The molecule has 1 heterocycles. The Morgan fingerprint density at radius 1 is 1.03 bits per heavy atom. The molecule has 0 N–H and O–H groups in total. The van der Waals surface area contributed by atoms with Gasteiger partial charge >= 0.3 is 0 Å². The maximum atomic E-state index is 13.4. The van der Waals surface area contributed by atoms with Crippen LogP contribution in [0.5, 0.6) is 0 Å². The molecule has 6 nitrogen and oxygen atoms in total. The lowest BCUT2D eigenvalue weighted by molar-refractivity contribution is -0.384. The average Bonchev–Trinajstić information content (AvgIpc) is 3.06. The molecule has 1 aliphatic rings. The van der Waals surface area contributed by atoms with E-state index in [-0.39, 0.29) is 17.3 Å². The molecule has 0 saturated heterocycles. The second-order valence-electron chi connectivity index (χ2n) is 7.25. The van der Waals surface area contributed by atoms with Crippen molar-refractivity contribution >= 4 is 40.8 Å². The number of halogens is 1. The van der Waals surface area contributed by atoms with E-state index in [2.05, 4.69) is 4.99 Å². The number of carbonyl (C=O) groups excluding carboxylic acids is 1. The second-order valence-corrected chi connectivity index (χ2v) is 7.69. The maximum absolute atomic E-state index is 13.4. The minimum Gasteiger partial charge on any atom is -0.266 e.